The molecule has 2 N–H and O–H groups in total. The summed E-state index contributed by atoms with van der Waals surface area (Å²) in [6.45, 7) is 8.89. The summed E-state index contributed by atoms with van der Waals surface area (Å²) in [5.41, 5.74) is 2.74. The van der Waals surface area contributed by atoms with Crippen LogP contribution in [0.4, 0.5) is 14.6 Å². The van der Waals surface area contributed by atoms with Crippen molar-refractivity contribution in [1.82, 2.24) is 15.0 Å². The van der Waals surface area contributed by atoms with Crippen molar-refractivity contribution in [2.45, 2.75) is 64.8 Å². The first-order valence-corrected chi connectivity index (χ1v) is 12.7. The quantitative estimate of drug-likeness (QED) is 0.322. The van der Waals surface area contributed by atoms with Crippen LogP contribution in [0.2, 0.25) is 0 Å². The van der Waals surface area contributed by atoms with Crippen LogP contribution in [-0.4, -0.2) is 21.0 Å². The van der Waals surface area contributed by atoms with Gasteiger partial charge < -0.3 is 10.3 Å². The van der Waals surface area contributed by atoms with Crippen molar-refractivity contribution in [2.24, 2.45) is 17.8 Å². The maximum Gasteiger partial charge on any atom is 0.164 e. The molecule has 2 heterocycles. The fraction of sp³-hybridized carbons (Fsp3) is 0.448. The number of nitrogens with one attached hydrogen (secondary N) is 2. The Morgan fingerprint density at radius 3 is 2.43 bits per heavy atom. The lowest BCUT2D eigenvalue weighted by molar-refractivity contribution is 0.0929. The third-order valence-corrected chi connectivity index (χ3v) is 8.42. The molecule has 2 bridgehead atoms. The third-order valence-electron chi connectivity index (χ3n) is 8.42. The molecule has 6 heteroatoms. The third kappa shape index (κ3) is 3.69. The summed E-state index contributed by atoms with van der Waals surface area (Å²) in [4.78, 5) is 13.0. The Labute approximate surface area is 204 Å². The number of aromatic amines is 1. The second kappa shape index (κ2) is 8.00. The van der Waals surface area contributed by atoms with E-state index in [1.807, 2.05) is 0 Å². The zero-order valence-corrected chi connectivity index (χ0v) is 20.8. The molecule has 0 saturated heterocycles. The number of H-pyrrole nitrogens is 1. The zero-order valence-electron chi connectivity index (χ0n) is 20.8. The van der Waals surface area contributed by atoms with Crippen LogP contribution < -0.4 is 5.32 Å². The van der Waals surface area contributed by atoms with Gasteiger partial charge in [-0.15, -0.1) is 0 Å². The SMILES string of the molecule is CC1C2CCC(CC2)C1Nc1nc(-c2c[nH]c3c(F)cc(F)cc23)nc2c(C(C)(C)C)cccc12. The Hall–Kier alpha value is -3.02. The Morgan fingerprint density at radius 2 is 1.71 bits per heavy atom. The Morgan fingerprint density at radius 1 is 0.971 bits per heavy atom. The van der Waals surface area contributed by atoms with Crippen LogP contribution in [0.3, 0.4) is 0 Å². The Balaban J connectivity index is 1.56. The number of aromatic nitrogens is 3. The highest BCUT2D eigenvalue weighted by molar-refractivity contribution is 5.98. The van der Waals surface area contributed by atoms with E-state index in [2.05, 4.69) is 56.2 Å². The van der Waals surface area contributed by atoms with E-state index in [1.54, 1.807) is 6.20 Å². The average Bonchev–Trinajstić information content (AvgIpc) is 3.24. The molecule has 0 radical (unpaired) electrons. The first-order valence-electron chi connectivity index (χ1n) is 12.7. The first-order chi connectivity index (χ1) is 16.7. The van der Waals surface area contributed by atoms with Crippen molar-refractivity contribution in [3.63, 3.8) is 0 Å². The predicted molar refractivity (Wildman–Crippen MR) is 137 cm³/mol. The van der Waals surface area contributed by atoms with Crippen molar-refractivity contribution >= 4 is 27.6 Å². The number of halogens is 2. The largest absolute Gasteiger partial charge is 0.366 e. The van der Waals surface area contributed by atoms with Gasteiger partial charge in [0.1, 0.15) is 17.5 Å². The average molecular weight is 475 g/mol. The van der Waals surface area contributed by atoms with Crippen LogP contribution in [0.5, 0.6) is 0 Å². The summed E-state index contributed by atoms with van der Waals surface area (Å²) in [7, 11) is 0. The molecular weight excluding hydrogens is 442 g/mol. The van der Waals surface area contributed by atoms with Gasteiger partial charge in [0.2, 0.25) is 0 Å². The van der Waals surface area contributed by atoms with Crippen LogP contribution >= 0.6 is 0 Å². The van der Waals surface area contributed by atoms with E-state index >= 15 is 0 Å². The molecule has 7 rings (SSSR count). The monoisotopic (exact) mass is 474 g/mol. The lowest BCUT2D eigenvalue weighted by Gasteiger charge is -2.48. The molecule has 0 spiro atoms. The van der Waals surface area contributed by atoms with Crippen LogP contribution in [0.1, 0.15) is 58.9 Å². The second-order valence-corrected chi connectivity index (χ2v) is 11.6. The van der Waals surface area contributed by atoms with E-state index in [9.17, 15) is 8.78 Å². The number of benzene rings is 2. The van der Waals surface area contributed by atoms with Gasteiger partial charge in [0, 0.05) is 34.6 Å². The summed E-state index contributed by atoms with van der Waals surface area (Å²) in [6.07, 6.45) is 6.84. The number of hydrogen-bond donors (Lipinski definition) is 2. The number of anilines is 1. The summed E-state index contributed by atoms with van der Waals surface area (Å²) in [5, 5.41) is 5.29. The lowest BCUT2D eigenvalue weighted by Crippen LogP contribution is -2.47. The van der Waals surface area contributed by atoms with E-state index in [-0.39, 0.29) is 10.9 Å². The highest BCUT2D eigenvalue weighted by Crippen LogP contribution is 2.46. The number of fused-ring (bicyclic) bond motifs is 5. The molecule has 2 aromatic heterocycles. The molecule has 2 aromatic carbocycles. The van der Waals surface area contributed by atoms with E-state index < -0.39 is 11.6 Å². The Bertz CT molecular complexity index is 1420. The highest BCUT2D eigenvalue weighted by atomic mass is 19.1. The molecule has 2 atom stereocenters. The summed E-state index contributed by atoms with van der Waals surface area (Å²) in [6, 6.07) is 8.88. The minimum atomic E-state index is -0.618. The van der Waals surface area contributed by atoms with Crippen LogP contribution in [0, 0.1) is 29.4 Å². The van der Waals surface area contributed by atoms with Gasteiger partial charge in [0.25, 0.3) is 0 Å². The van der Waals surface area contributed by atoms with Crippen molar-refractivity contribution in [3.8, 4) is 11.4 Å². The normalized spacial score (nSPS) is 24.4. The number of hydrogen-bond acceptors (Lipinski definition) is 3. The molecule has 4 nitrogen and oxygen atoms in total. The maximum absolute atomic E-state index is 14.4. The maximum atomic E-state index is 14.4. The van der Waals surface area contributed by atoms with E-state index in [0.717, 1.165) is 34.3 Å². The van der Waals surface area contributed by atoms with E-state index in [1.165, 1.54) is 31.7 Å². The molecule has 3 aliphatic carbocycles. The van der Waals surface area contributed by atoms with Gasteiger partial charge in [-0.25, -0.2) is 18.7 Å². The first kappa shape index (κ1) is 22.4. The van der Waals surface area contributed by atoms with Gasteiger partial charge in [-0.2, -0.15) is 0 Å². The predicted octanol–water partition coefficient (Wildman–Crippen LogP) is 7.59. The summed E-state index contributed by atoms with van der Waals surface area (Å²) < 4.78 is 28.6. The summed E-state index contributed by atoms with van der Waals surface area (Å²) in [5.74, 6) is 2.04. The van der Waals surface area contributed by atoms with E-state index in [4.69, 9.17) is 9.97 Å². The molecular formula is C29H32F2N4. The molecule has 0 amide bonds. The second-order valence-electron chi connectivity index (χ2n) is 11.6. The topological polar surface area (TPSA) is 53.6 Å². The smallest absolute Gasteiger partial charge is 0.164 e. The van der Waals surface area contributed by atoms with Gasteiger partial charge in [-0.1, -0.05) is 39.8 Å². The molecule has 3 saturated carbocycles. The van der Waals surface area contributed by atoms with Crippen molar-refractivity contribution < 1.29 is 8.78 Å². The van der Waals surface area contributed by atoms with Gasteiger partial charge in [-0.3, -0.25) is 0 Å². The minimum Gasteiger partial charge on any atom is -0.366 e. The van der Waals surface area contributed by atoms with Crippen LogP contribution in [-0.2, 0) is 5.41 Å². The molecule has 182 valence electrons. The molecule has 3 aliphatic rings. The van der Waals surface area contributed by atoms with E-state index in [0.29, 0.717) is 34.7 Å². The lowest BCUT2D eigenvalue weighted by atomic mass is 9.62. The molecule has 2 unspecified atom stereocenters. The van der Waals surface area contributed by atoms with Gasteiger partial charge in [0.15, 0.2) is 5.82 Å². The number of rotatable bonds is 3. The molecule has 0 aliphatic heterocycles. The molecule has 3 fully saturated rings. The van der Waals surface area contributed by atoms with Gasteiger partial charge in [0.05, 0.1) is 11.0 Å². The number of nitrogens with zero attached hydrogens (tertiary/aromatic N) is 2. The molecule has 4 aromatic rings. The zero-order chi connectivity index (χ0) is 24.5. The highest BCUT2D eigenvalue weighted by Gasteiger charge is 2.41. The summed E-state index contributed by atoms with van der Waals surface area (Å²) >= 11 is 0. The number of para-hydroxylation sites is 1. The fourth-order valence-electron chi connectivity index (χ4n) is 6.49. The Kier molecular flexibility index (Phi) is 5.13. The van der Waals surface area contributed by atoms with Crippen LogP contribution in [0.15, 0.2) is 36.5 Å². The fourth-order valence-corrected chi connectivity index (χ4v) is 6.49. The standard InChI is InChI=1S/C29H32F2N4/c1-15-16-8-10-17(11-9-16)24(15)33-27-19-6-5-7-22(29(2,3)4)25(19)34-28(35-27)21-14-32-26-20(21)12-18(30)13-23(26)31/h5-7,12-17,24,32H,8-11H2,1-4H3,(H,33,34,35). The van der Waals surface area contributed by atoms with Crippen molar-refractivity contribution in [3.05, 3.63) is 53.7 Å². The molecule has 35 heavy (non-hydrogen) atoms. The van der Waals surface area contributed by atoms with Gasteiger partial charge >= 0.3 is 0 Å². The van der Waals surface area contributed by atoms with Gasteiger partial charge in [-0.05, 0) is 66.5 Å². The van der Waals surface area contributed by atoms with Crippen LogP contribution in [0.25, 0.3) is 33.2 Å². The van der Waals surface area contributed by atoms with Crippen molar-refractivity contribution in [2.75, 3.05) is 5.32 Å². The van der Waals surface area contributed by atoms with Crippen molar-refractivity contribution in [1.29, 1.82) is 0 Å². The minimum absolute atomic E-state index is 0.127.